The van der Waals surface area contributed by atoms with Crippen LogP contribution in [-0.2, 0) is 16.0 Å². The molecule has 1 aliphatic rings. The number of benzene rings is 3. The van der Waals surface area contributed by atoms with Crippen molar-refractivity contribution in [2.24, 2.45) is 0 Å². The second kappa shape index (κ2) is 13.8. The number of anilines is 2. The lowest BCUT2D eigenvalue weighted by Crippen LogP contribution is -2.52. The molecule has 3 aromatic rings. The van der Waals surface area contributed by atoms with Gasteiger partial charge in [-0.15, -0.1) is 6.42 Å². The van der Waals surface area contributed by atoms with Gasteiger partial charge in [0.25, 0.3) is 5.91 Å². The van der Waals surface area contributed by atoms with E-state index in [0.29, 0.717) is 29.0 Å². The van der Waals surface area contributed by atoms with E-state index in [4.69, 9.17) is 15.9 Å². The van der Waals surface area contributed by atoms with Gasteiger partial charge >= 0.3 is 0 Å². The number of rotatable bonds is 10. The SMILES string of the molecule is C#CCOc1cc(N(CC)CC)ccc1C(C(=O)NC(C)(C)C)N(C(=O)C1CCc2cc(F)ccc2O1)c1ccc(F)cc1. The van der Waals surface area contributed by atoms with E-state index in [9.17, 15) is 18.4 Å². The first-order valence-corrected chi connectivity index (χ1v) is 14.8. The Morgan fingerprint density at radius 1 is 1.02 bits per heavy atom. The monoisotopic (exact) mass is 603 g/mol. The Morgan fingerprint density at radius 2 is 1.68 bits per heavy atom. The number of nitrogens with zero attached hydrogens (tertiary/aromatic N) is 2. The summed E-state index contributed by atoms with van der Waals surface area (Å²) in [5.74, 6) is 1.33. The molecule has 232 valence electrons. The maximum Gasteiger partial charge on any atom is 0.269 e. The van der Waals surface area contributed by atoms with Crippen molar-refractivity contribution in [3.05, 3.63) is 83.4 Å². The second-order valence-electron chi connectivity index (χ2n) is 11.6. The van der Waals surface area contributed by atoms with E-state index in [0.717, 1.165) is 18.8 Å². The summed E-state index contributed by atoms with van der Waals surface area (Å²) >= 11 is 0. The molecule has 2 amide bonds. The number of aryl methyl sites for hydroxylation is 1. The number of fused-ring (bicyclic) bond motifs is 1. The van der Waals surface area contributed by atoms with Crippen LogP contribution in [0, 0.1) is 24.0 Å². The molecule has 4 rings (SSSR count). The van der Waals surface area contributed by atoms with E-state index < -0.39 is 41.1 Å². The minimum absolute atomic E-state index is 0.0636. The number of carbonyl (C=O) groups excluding carboxylic acids is 2. The highest BCUT2D eigenvalue weighted by atomic mass is 19.1. The molecule has 0 bridgehead atoms. The normalized spacial score (nSPS) is 14.8. The number of amides is 2. The van der Waals surface area contributed by atoms with Gasteiger partial charge in [-0.25, -0.2) is 8.78 Å². The van der Waals surface area contributed by atoms with E-state index in [1.807, 2.05) is 46.8 Å². The molecule has 44 heavy (non-hydrogen) atoms. The highest BCUT2D eigenvalue weighted by Gasteiger charge is 2.40. The van der Waals surface area contributed by atoms with Gasteiger partial charge in [0.05, 0.1) is 0 Å². The van der Waals surface area contributed by atoms with Gasteiger partial charge in [0.1, 0.15) is 35.8 Å². The van der Waals surface area contributed by atoms with Crippen molar-refractivity contribution >= 4 is 23.2 Å². The first-order valence-electron chi connectivity index (χ1n) is 14.8. The van der Waals surface area contributed by atoms with Gasteiger partial charge in [0.15, 0.2) is 6.10 Å². The lowest BCUT2D eigenvalue weighted by Gasteiger charge is -2.37. The van der Waals surface area contributed by atoms with E-state index >= 15 is 0 Å². The fraction of sp³-hybridized carbons (Fsp3) is 0.371. The first kappa shape index (κ1) is 32.3. The number of terminal acetylenes is 1. The molecule has 1 aliphatic heterocycles. The molecule has 0 saturated carbocycles. The molecule has 2 atom stereocenters. The summed E-state index contributed by atoms with van der Waals surface area (Å²) in [6, 6.07) is 13.7. The van der Waals surface area contributed by atoms with Crippen LogP contribution in [-0.4, -0.2) is 43.2 Å². The van der Waals surface area contributed by atoms with Gasteiger partial charge in [-0.05, 0) is 102 Å². The molecule has 3 aromatic carbocycles. The zero-order valence-corrected chi connectivity index (χ0v) is 25.8. The molecule has 0 spiro atoms. The lowest BCUT2D eigenvalue weighted by molar-refractivity contribution is -0.131. The van der Waals surface area contributed by atoms with Crippen molar-refractivity contribution < 1.29 is 27.8 Å². The number of halogens is 2. The Kier molecular flexibility index (Phi) is 10.1. The van der Waals surface area contributed by atoms with Crippen molar-refractivity contribution in [2.75, 3.05) is 29.5 Å². The lowest BCUT2D eigenvalue weighted by atomic mass is 9.96. The fourth-order valence-electron chi connectivity index (χ4n) is 5.31. The Labute approximate surface area is 258 Å². The minimum atomic E-state index is -1.25. The van der Waals surface area contributed by atoms with Crippen LogP contribution in [0.25, 0.3) is 0 Å². The summed E-state index contributed by atoms with van der Waals surface area (Å²) in [7, 11) is 0. The molecule has 1 heterocycles. The van der Waals surface area contributed by atoms with Crippen LogP contribution in [0.1, 0.15) is 58.2 Å². The zero-order valence-electron chi connectivity index (χ0n) is 25.8. The maximum absolute atomic E-state index is 14.5. The number of hydrogen-bond acceptors (Lipinski definition) is 5. The smallest absolute Gasteiger partial charge is 0.269 e. The summed E-state index contributed by atoms with van der Waals surface area (Å²) in [6.45, 7) is 11.0. The van der Waals surface area contributed by atoms with Crippen LogP contribution in [0.3, 0.4) is 0 Å². The van der Waals surface area contributed by atoms with E-state index in [1.165, 1.54) is 47.4 Å². The number of hydrogen-bond donors (Lipinski definition) is 1. The van der Waals surface area contributed by atoms with Gasteiger partial charge in [-0.1, -0.05) is 12.0 Å². The van der Waals surface area contributed by atoms with Crippen LogP contribution in [0.5, 0.6) is 11.5 Å². The van der Waals surface area contributed by atoms with Gasteiger partial charge in [0, 0.05) is 41.6 Å². The standard InChI is InChI=1S/C35H39F2N3O4/c1-7-20-43-31-22-27(39(8-2)9-3)16-17-28(31)32(33(41)38-35(4,5)6)40(26-14-11-24(36)12-15-26)34(42)30-18-10-23-21-25(37)13-19-29(23)44-30/h1,11-17,19,21-22,30,32H,8-10,18,20H2,2-6H3,(H,38,41). The average molecular weight is 604 g/mol. The molecule has 2 unspecified atom stereocenters. The molecule has 0 radical (unpaired) electrons. The predicted octanol–water partition coefficient (Wildman–Crippen LogP) is 6.21. The topological polar surface area (TPSA) is 71.1 Å². The molecule has 0 fully saturated rings. The highest BCUT2D eigenvalue weighted by Crippen LogP contribution is 2.38. The molecule has 0 aliphatic carbocycles. The van der Waals surface area contributed by atoms with Crippen LogP contribution in [0.4, 0.5) is 20.2 Å². The Bertz CT molecular complexity index is 1520. The number of carbonyl (C=O) groups is 2. The number of ether oxygens (including phenoxy) is 2. The zero-order chi connectivity index (χ0) is 32.0. The van der Waals surface area contributed by atoms with Crippen molar-refractivity contribution in [3.8, 4) is 23.8 Å². The number of nitrogens with one attached hydrogen (secondary N) is 1. The molecular weight excluding hydrogens is 564 g/mol. The summed E-state index contributed by atoms with van der Waals surface area (Å²) < 4.78 is 40.1. The molecule has 1 N–H and O–H groups in total. The van der Waals surface area contributed by atoms with Gasteiger partial charge in [-0.2, -0.15) is 0 Å². The van der Waals surface area contributed by atoms with Crippen LogP contribution >= 0.6 is 0 Å². The summed E-state index contributed by atoms with van der Waals surface area (Å²) in [5.41, 5.74) is 1.54. The third kappa shape index (κ3) is 7.49. The molecule has 0 saturated heterocycles. The quantitative estimate of drug-likeness (QED) is 0.279. The second-order valence-corrected chi connectivity index (χ2v) is 11.6. The third-order valence-corrected chi connectivity index (χ3v) is 7.32. The van der Waals surface area contributed by atoms with E-state index in [1.54, 1.807) is 6.07 Å². The molecule has 7 nitrogen and oxygen atoms in total. The van der Waals surface area contributed by atoms with Crippen LogP contribution in [0.2, 0.25) is 0 Å². The highest BCUT2D eigenvalue weighted by molar-refractivity contribution is 6.04. The largest absolute Gasteiger partial charge is 0.480 e. The fourth-order valence-corrected chi connectivity index (χ4v) is 5.31. The van der Waals surface area contributed by atoms with Crippen LogP contribution in [0.15, 0.2) is 60.7 Å². The van der Waals surface area contributed by atoms with Crippen molar-refractivity contribution in [1.82, 2.24) is 5.32 Å². The molecule has 9 heteroatoms. The maximum atomic E-state index is 14.5. The summed E-state index contributed by atoms with van der Waals surface area (Å²) in [5, 5.41) is 3.01. The Hall–Kier alpha value is -4.58. The first-order chi connectivity index (χ1) is 20.9. The predicted molar refractivity (Wildman–Crippen MR) is 168 cm³/mol. The summed E-state index contributed by atoms with van der Waals surface area (Å²) in [6.07, 6.45) is 5.21. The average Bonchev–Trinajstić information content (AvgIpc) is 2.99. The Morgan fingerprint density at radius 3 is 2.32 bits per heavy atom. The summed E-state index contributed by atoms with van der Waals surface area (Å²) in [4.78, 5) is 32.2. The Balaban J connectivity index is 1.89. The van der Waals surface area contributed by atoms with Crippen molar-refractivity contribution in [1.29, 1.82) is 0 Å². The van der Waals surface area contributed by atoms with E-state index in [-0.39, 0.29) is 18.7 Å². The molecule has 0 aromatic heterocycles. The third-order valence-electron chi connectivity index (χ3n) is 7.32. The van der Waals surface area contributed by atoms with Gasteiger partial charge < -0.3 is 19.7 Å². The molecular formula is C35H39F2N3O4. The van der Waals surface area contributed by atoms with Gasteiger partial charge in [-0.3, -0.25) is 14.5 Å². The minimum Gasteiger partial charge on any atom is -0.480 e. The van der Waals surface area contributed by atoms with E-state index in [2.05, 4.69) is 16.1 Å². The van der Waals surface area contributed by atoms with Crippen LogP contribution < -0.4 is 24.6 Å². The van der Waals surface area contributed by atoms with Crippen molar-refractivity contribution in [2.45, 2.75) is 65.1 Å². The van der Waals surface area contributed by atoms with Gasteiger partial charge in [0.2, 0.25) is 5.91 Å². The van der Waals surface area contributed by atoms with Crippen molar-refractivity contribution in [3.63, 3.8) is 0 Å².